The highest BCUT2D eigenvalue weighted by molar-refractivity contribution is 6.10. The number of nitrogens with one attached hydrogen (secondary N) is 1. The van der Waals surface area contributed by atoms with E-state index in [4.69, 9.17) is 0 Å². The van der Waals surface area contributed by atoms with Gasteiger partial charge >= 0.3 is 6.03 Å². The van der Waals surface area contributed by atoms with Crippen LogP contribution in [-0.4, -0.2) is 50.0 Å². The largest absolute Gasteiger partial charge is 0.334 e. The van der Waals surface area contributed by atoms with Crippen molar-refractivity contribution in [2.45, 2.75) is 56.7 Å². The average molecular weight is 528 g/mol. The Labute approximate surface area is 225 Å². The molecule has 1 saturated heterocycles. The summed E-state index contributed by atoms with van der Waals surface area (Å²) in [4.78, 5) is 43.7. The van der Waals surface area contributed by atoms with Gasteiger partial charge in [-0.25, -0.2) is 9.18 Å². The van der Waals surface area contributed by atoms with Crippen LogP contribution in [0.4, 0.5) is 9.18 Å². The second-order valence-electron chi connectivity index (χ2n) is 11.4. The van der Waals surface area contributed by atoms with E-state index in [0.717, 1.165) is 57.5 Å². The minimum atomic E-state index is -1.14. The Morgan fingerprint density at radius 1 is 1.05 bits per heavy atom. The van der Waals surface area contributed by atoms with Gasteiger partial charge in [0.1, 0.15) is 17.9 Å². The summed E-state index contributed by atoms with van der Waals surface area (Å²) >= 11 is 0. The SMILES string of the molecule is Cn1cc(-c2ccc3c(c2)CC[C@]32NC(=O)N(CC(=O)N3Cc4ccc(F)cc4CC[C@H]3C3CC3)C2=O)cn1. The lowest BCUT2D eigenvalue weighted by molar-refractivity contribution is -0.141. The van der Waals surface area contributed by atoms with Crippen LogP contribution in [0.25, 0.3) is 11.1 Å². The fourth-order valence-electron chi connectivity index (χ4n) is 6.76. The monoisotopic (exact) mass is 527 g/mol. The van der Waals surface area contributed by atoms with E-state index in [1.807, 2.05) is 30.3 Å². The highest BCUT2D eigenvalue weighted by Crippen LogP contribution is 2.43. The summed E-state index contributed by atoms with van der Waals surface area (Å²) in [5.41, 5.74) is 4.53. The zero-order valence-electron chi connectivity index (χ0n) is 21.8. The van der Waals surface area contributed by atoms with Crippen LogP contribution in [-0.2, 0) is 41.6 Å². The molecule has 3 heterocycles. The van der Waals surface area contributed by atoms with Gasteiger partial charge in [-0.1, -0.05) is 24.3 Å². The van der Waals surface area contributed by atoms with Crippen LogP contribution in [0.15, 0.2) is 48.8 Å². The summed E-state index contributed by atoms with van der Waals surface area (Å²) in [5, 5.41) is 7.19. The van der Waals surface area contributed by atoms with Crippen molar-refractivity contribution >= 4 is 17.8 Å². The number of hydrogen-bond acceptors (Lipinski definition) is 4. The van der Waals surface area contributed by atoms with Crippen LogP contribution >= 0.6 is 0 Å². The minimum Gasteiger partial charge on any atom is -0.334 e. The Bertz CT molecular complexity index is 1530. The van der Waals surface area contributed by atoms with Crippen molar-refractivity contribution in [1.29, 1.82) is 0 Å². The van der Waals surface area contributed by atoms with Crippen LogP contribution in [0.3, 0.4) is 0 Å². The predicted molar refractivity (Wildman–Crippen MR) is 141 cm³/mol. The zero-order chi connectivity index (χ0) is 26.9. The van der Waals surface area contributed by atoms with Gasteiger partial charge in [-0.2, -0.15) is 5.10 Å². The summed E-state index contributed by atoms with van der Waals surface area (Å²) in [6, 6.07) is 10.2. The lowest BCUT2D eigenvalue weighted by Gasteiger charge is -2.31. The van der Waals surface area contributed by atoms with Crippen molar-refractivity contribution < 1.29 is 18.8 Å². The first-order valence-electron chi connectivity index (χ1n) is 13.7. The number of urea groups is 1. The molecule has 0 bridgehead atoms. The van der Waals surface area contributed by atoms with Crippen molar-refractivity contribution in [2.75, 3.05) is 6.54 Å². The standard InChI is InChI=1S/C30H30FN5O3/c1-34-15-23(14-32-34)19-5-8-25-21(12-19)10-11-30(25)28(38)36(29(39)33-30)17-27(37)35-16-22-4-7-24(31)13-20(22)6-9-26(35)18-2-3-18/h4-5,7-8,12-15,18,26H,2-3,6,9-11,16-17H2,1H3,(H,33,39)/t26-,30-/m0/s1. The van der Waals surface area contributed by atoms with E-state index < -0.39 is 11.6 Å². The first kappa shape index (κ1) is 24.1. The Kier molecular flexibility index (Phi) is 5.40. The molecule has 4 aliphatic rings. The van der Waals surface area contributed by atoms with Crippen molar-refractivity contribution in [3.63, 3.8) is 0 Å². The number of aryl methyl sites for hydroxylation is 3. The number of aromatic nitrogens is 2. The third-order valence-corrected chi connectivity index (χ3v) is 8.95. The van der Waals surface area contributed by atoms with E-state index in [1.54, 1.807) is 23.0 Å². The molecule has 1 N–H and O–H groups in total. The number of benzene rings is 2. The first-order valence-corrected chi connectivity index (χ1v) is 13.7. The van der Waals surface area contributed by atoms with Crippen LogP contribution in [0, 0.1) is 11.7 Å². The highest BCUT2D eigenvalue weighted by Gasteiger charge is 2.56. The molecule has 39 heavy (non-hydrogen) atoms. The number of fused-ring (bicyclic) bond motifs is 3. The van der Waals surface area contributed by atoms with Gasteiger partial charge in [-0.3, -0.25) is 19.2 Å². The van der Waals surface area contributed by atoms with Gasteiger partial charge in [0.25, 0.3) is 5.91 Å². The number of hydrogen-bond donors (Lipinski definition) is 1. The number of carbonyl (C=O) groups is 3. The molecule has 2 aliphatic carbocycles. The molecule has 1 aromatic heterocycles. The maximum atomic E-state index is 13.9. The number of halogens is 1. The summed E-state index contributed by atoms with van der Waals surface area (Å²) in [5.74, 6) is -0.465. The Balaban J connectivity index is 1.14. The van der Waals surface area contributed by atoms with Gasteiger partial charge in [0.2, 0.25) is 5.91 Å². The maximum Gasteiger partial charge on any atom is 0.325 e. The predicted octanol–water partition coefficient (Wildman–Crippen LogP) is 3.67. The number of nitrogens with zero attached hydrogens (tertiary/aromatic N) is 4. The second-order valence-corrected chi connectivity index (χ2v) is 11.4. The molecule has 7 rings (SSSR count). The van der Waals surface area contributed by atoms with Gasteiger partial charge < -0.3 is 10.2 Å². The molecule has 2 aromatic carbocycles. The van der Waals surface area contributed by atoms with E-state index in [1.165, 1.54) is 6.07 Å². The highest BCUT2D eigenvalue weighted by atomic mass is 19.1. The van der Waals surface area contributed by atoms with E-state index in [9.17, 15) is 18.8 Å². The molecular weight excluding hydrogens is 497 g/mol. The van der Waals surface area contributed by atoms with Crippen LogP contribution in [0.1, 0.15) is 47.9 Å². The molecule has 0 unspecified atom stereocenters. The molecule has 4 amide bonds. The van der Waals surface area contributed by atoms with Crippen LogP contribution in [0.5, 0.6) is 0 Å². The van der Waals surface area contributed by atoms with Crippen molar-refractivity contribution in [2.24, 2.45) is 13.0 Å². The molecule has 9 heteroatoms. The summed E-state index contributed by atoms with van der Waals surface area (Å²) in [6.07, 6.45) is 8.43. The molecule has 0 radical (unpaired) electrons. The maximum absolute atomic E-state index is 13.9. The van der Waals surface area contributed by atoms with Crippen molar-refractivity contribution in [3.8, 4) is 11.1 Å². The van der Waals surface area contributed by atoms with Gasteiger partial charge in [-0.05, 0) is 84.4 Å². The number of rotatable bonds is 4. The summed E-state index contributed by atoms with van der Waals surface area (Å²) < 4.78 is 15.6. The fourth-order valence-corrected chi connectivity index (χ4v) is 6.76. The molecule has 2 aliphatic heterocycles. The number of amides is 4. The fraction of sp³-hybridized carbons (Fsp3) is 0.400. The minimum absolute atomic E-state index is 0.0285. The molecule has 8 nitrogen and oxygen atoms in total. The van der Waals surface area contributed by atoms with E-state index >= 15 is 0 Å². The van der Waals surface area contributed by atoms with Crippen molar-refractivity contribution in [3.05, 3.63) is 76.9 Å². The average Bonchev–Trinajstić information content (AvgIpc) is 3.55. The second kappa shape index (κ2) is 8.76. The Hall–Kier alpha value is -4.01. The normalized spacial score (nSPS) is 24.1. The van der Waals surface area contributed by atoms with E-state index in [-0.39, 0.29) is 30.2 Å². The third kappa shape index (κ3) is 3.94. The summed E-state index contributed by atoms with van der Waals surface area (Å²) in [6.45, 7) is 0.0691. The Morgan fingerprint density at radius 2 is 1.90 bits per heavy atom. The molecule has 2 fully saturated rings. The van der Waals surface area contributed by atoms with Gasteiger partial charge in [0.15, 0.2) is 0 Å². The van der Waals surface area contributed by atoms with Crippen LogP contribution in [0.2, 0.25) is 0 Å². The van der Waals surface area contributed by atoms with Gasteiger partial charge in [0, 0.05) is 31.4 Å². The lowest BCUT2D eigenvalue weighted by atomic mass is 9.90. The Morgan fingerprint density at radius 3 is 2.67 bits per heavy atom. The van der Waals surface area contributed by atoms with Gasteiger partial charge in [-0.15, -0.1) is 0 Å². The topological polar surface area (TPSA) is 87.5 Å². The molecule has 3 aromatic rings. The van der Waals surface area contributed by atoms with Crippen molar-refractivity contribution in [1.82, 2.24) is 24.9 Å². The van der Waals surface area contributed by atoms with Gasteiger partial charge in [0.05, 0.1) is 6.20 Å². The molecule has 200 valence electrons. The zero-order valence-corrected chi connectivity index (χ0v) is 21.8. The van der Waals surface area contributed by atoms with E-state index in [2.05, 4.69) is 16.5 Å². The number of imide groups is 1. The smallest absolute Gasteiger partial charge is 0.325 e. The lowest BCUT2D eigenvalue weighted by Crippen LogP contribution is -2.48. The number of carbonyl (C=O) groups excluding carboxylic acids is 3. The quantitative estimate of drug-likeness (QED) is 0.525. The molecule has 2 atom stereocenters. The third-order valence-electron chi connectivity index (χ3n) is 8.95. The molecule has 1 saturated carbocycles. The van der Waals surface area contributed by atoms with Crippen LogP contribution < -0.4 is 5.32 Å². The van der Waals surface area contributed by atoms with E-state index in [0.29, 0.717) is 31.7 Å². The first-order chi connectivity index (χ1) is 18.8. The molecular formula is C30H30FN5O3. The summed E-state index contributed by atoms with van der Waals surface area (Å²) in [7, 11) is 1.87. The molecule has 1 spiro atoms.